The molecule has 0 atom stereocenters. The Labute approximate surface area is 142 Å². The fraction of sp³-hybridized carbons (Fsp3) is 0.588. The van der Waals surface area contributed by atoms with E-state index in [0.717, 1.165) is 31.2 Å². The van der Waals surface area contributed by atoms with Crippen molar-refractivity contribution in [2.75, 3.05) is 46.2 Å². The summed E-state index contributed by atoms with van der Waals surface area (Å²) in [6.45, 7) is 8.17. The monoisotopic (exact) mass is 338 g/mol. The van der Waals surface area contributed by atoms with E-state index in [1.165, 1.54) is 0 Å². The highest BCUT2D eigenvalue weighted by Crippen LogP contribution is 2.25. The van der Waals surface area contributed by atoms with Crippen LogP contribution < -0.4 is 10.1 Å². The summed E-state index contributed by atoms with van der Waals surface area (Å²) in [5.41, 5.74) is 0.467. The molecule has 0 aromatic heterocycles. The fourth-order valence-corrected chi connectivity index (χ4v) is 3.09. The summed E-state index contributed by atoms with van der Waals surface area (Å²) >= 11 is 1.62. The number of rotatable bonds is 6. The molecule has 1 aromatic carbocycles. The van der Waals surface area contributed by atoms with Crippen molar-refractivity contribution < 1.29 is 14.3 Å². The molecule has 1 aliphatic rings. The number of benzene rings is 1. The largest absolute Gasteiger partial charge is 0.496 e. The first-order valence-electron chi connectivity index (χ1n) is 7.81. The van der Waals surface area contributed by atoms with Crippen LogP contribution in [0, 0.1) is 0 Å². The Bertz CT molecular complexity index is 543. The minimum Gasteiger partial charge on any atom is -0.496 e. The number of nitrogens with one attached hydrogen (secondary N) is 1. The molecule has 128 valence electrons. The number of nitrogens with zero attached hydrogens (tertiary/aromatic N) is 1. The number of hydrogen-bond acceptors (Lipinski definition) is 5. The highest BCUT2D eigenvalue weighted by atomic mass is 32.2. The second kappa shape index (κ2) is 8.04. The highest BCUT2D eigenvalue weighted by molar-refractivity contribution is 7.98. The molecule has 1 aromatic rings. The molecule has 23 heavy (non-hydrogen) atoms. The van der Waals surface area contributed by atoms with Crippen molar-refractivity contribution in [3.05, 3.63) is 23.8 Å². The first kappa shape index (κ1) is 18.1. The third-order valence-electron chi connectivity index (χ3n) is 4.20. The van der Waals surface area contributed by atoms with Crippen LogP contribution in [0.3, 0.4) is 0 Å². The predicted molar refractivity (Wildman–Crippen MR) is 93.6 cm³/mol. The summed E-state index contributed by atoms with van der Waals surface area (Å²) in [7, 11) is 1.59. The van der Waals surface area contributed by atoms with Crippen LogP contribution in [0.4, 0.5) is 0 Å². The first-order chi connectivity index (χ1) is 11.0. The second-order valence-electron chi connectivity index (χ2n) is 6.16. The van der Waals surface area contributed by atoms with Gasteiger partial charge in [-0.3, -0.25) is 9.69 Å². The molecule has 1 amide bonds. The van der Waals surface area contributed by atoms with E-state index in [9.17, 15) is 4.79 Å². The zero-order valence-corrected chi connectivity index (χ0v) is 15.2. The fourth-order valence-electron chi connectivity index (χ4n) is 2.66. The quantitative estimate of drug-likeness (QED) is 0.807. The number of morpholine rings is 1. The summed E-state index contributed by atoms with van der Waals surface area (Å²) in [5, 5.41) is 3.04. The van der Waals surface area contributed by atoms with E-state index in [4.69, 9.17) is 9.47 Å². The molecule has 0 aliphatic carbocycles. The lowest BCUT2D eigenvalue weighted by atomic mass is 10.0. The molecular formula is C17H26N2O3S. The Morgan fingerprint density at radius 2 is 2.09 bits per heavy atom. The van der Waals surface area contributed by atoms with Gasteiger partial charge in [0.2, 0.25) is 0 Å². The van der Waals surface area contributed by atoms with Crippen LogP contribution in [-0.2, 0) is 4.74 Å². The smallest absolute Gasteiger partial charge is 0.255 e. The molecule has 0 radical (unpaired) electrons. The lowest BCUT2D eigenvalue weighted by Crippen LogP contribution is -2.55. The molecule has 5 nitrogen and oxygen atoms in total. The number of thioether (sulfide) groups is 1. The normalized spacial score (nSPS) is 16.2. The van der Waals surface area contributed by atoms with Gasteiger partial charge in [-0.1, -0.05) is 0 Å². The molecule has 0 bridgehead atoms. The SMILES string of the molecule is COc1cc(SC)ccc1C(=O)NCC(C)(C)N1CCOCC1. The molecule has 1 fully saturated rings. The van der Waals surface area contributed by atoms with Crippen LogP contribution in [0.2, 0.25) is 0 Å². The Hall–Kier alpha value is -1.24. The Morgan fingerprint density at radius 3 is 2.70 bits per heavy atom. The summed E-state index contributed by atoms with van der Waals surface area (Å²) in [5.74, 6) is 0.509. The van der Waals surface area contributed by atoms with Crippen LogP contribution in [0.15, 0.2) is 23.1 Å². The zero-order valence-electron chi connectivity index (χ0n) is 14.3. The third kappa shape index (κ3) is 4.62. The predicted octanol–water partition coefficient (Wildman–Crippen LogP) is 2.26. The van der Waals surface area contributed by atoms with Crippen molar-refractivity contribution in [2.45, 2.75) is 24.3 Å². The number of carbonyl (C=O) groups excluding carboxylic acids is 1. The van der Waals surface area contributed by atoms with Gasteiger partial charge in [0.05, 0.1) is 25.9 Å². The van der Waals surface area contributed by atoms with E-state index in [1.807, 2.05) is 24.5 Å². The molecule has 1 aliphatic heterocycles. The van der Waals surface area contributed by atoms with Gasteiger partial charge in [-0.2, -0.15) is 0 Å². The second-order valence-corrected chi connectivity index (χ2v) is 7.04. The minimum absolute atomic E-state index is 0.101. The molecule has 0 spiro atoms. The lowest BCUT2D eigenvalue weighted by molar-refractivity contribution is -0.00923. The number of methoxy groups -OCH3 is 1. The molecule has 2 rings (SSSR count). The van der Waals surface area contributed by atoms with E-state index in [1.54, 1.807) is 18.9 Å². The average Bonchev–Trinajstić information content (AvgIpc) is 2.59. The van der Waals surface area contributed by atoms with E-state index in [0.29, 0.717) is 17.9 Å². The van der Waals surface area contributed by atoms with Crippen LogP contribution in [0.25, 0.3) is 0 Å². The van der Waals surface area contributed by atoms with E-state index < -0.39 is 0 Å². The van der Waals surface area contributed by atoms with Crippen LogP contribution in [0.5, 0.6) is 5.75 Å². The summed E-state index contributed by atoms with van der Waals surface area (Å²) < 4.78 is 10.8. The van der Waals surface area contributed by atoms with Gasteiger partial charge in [0.25, 0.3) is 5.91 Å². The first-order valence-corrected chi connectivity index (χ1v) is 9.03. The van der Waals surface area contributed by atoms with Gasteiger partial charge < -0.3 is 14.8 Å². The van der Waals surface area contributed by atoms with Crippen molar-refractivity contribution >= 4 is 17.7 Å². The molecular weight excluding hydrogens is 312 g/mol. The Morgan fingerprint density at radius 1 is 1.39 bits per heavy atom. The van der Waals surface area contributed by atoms with Crippen molar-refractivity contribution in [1.29, 1.82) is 0 Å². The van der Waals surface area contributed by atoms with Crippen LogP contribution in [0.1, 0.15) is 24.2 Å². The Balaban J connectivity index is 2.01. The molecule has 1 heterocycles. The average molecular weight is 338 g/mol. The number of amides is 1. The van der Waals surface area contributed by atoms with Crippen molar-refractivity contribution in [3.8, 4) is 5.75 Å². The van der Waals surface area contributed by atoms with Gasteiger partial charge in [0.15, 0.2) is 0 Å². The van der Waals surface area contributed by atoms with Gasteiger partial charge in [-0.05, 0) is 38.3 Å². The molecule has 1 saturated heterocycles. The third-order valence-corrected chi connectivity index (χ3v) is 4.93. The maximum Gasteiger partial charge on any atom is 0.255 e. The van der Waals surface area contributed by atoms with Crippen molar-refractivity contribution in [2.24, 2.45) is 0 Å². The molecule has 0 unspecified atom stereocenters. The van der Waals surface area contributed by atoms with E-state index in [2.05, 4.69) is 24.1 Å². The lowest BCUT2D eigenvalue weighted by Gasteiger charge is -2.40. The number of ether oxygens (including phenoxy) is 2. The van der Waals surface area contributed by atoms with Gasteiger partial charge in [-0.15, -0.1) is 11.8 Å². The highest BCUT2D eigenvalue weighted by Gasteiger charge is 2.29. The maximum absolute atomic E-state index is 12.5. The van der Waals surface area contributed by atoms with Gasteiger partial charge >= 0.3 is 0 Å². The number of carbonyl (C=O) groups is 1. The molecule has 6 heteroatoms. The summed E-state index contributed by atoms with van der Waals surface area (Å²) in [6.07, 6.45) is 2.00. The summed E-state index contributed by atoms with van der Waals surface area (Å²) in [6, 6.07) is 5.66. The summed E-state index contributed by atoms with van der Waals surface area (Å²) in [4.78, 5) is 15.9. The van der Waals surface area contributed by atoms with Gasteiger partial charge in [0, 0.05) is 30.1 Å². The van der Waals surface area contributed by atoms with Crippen LogP contribution >= 0.6 is 11.8 Å². The molecule has 0 saturated carbocycles. The minimum atomic E-state index is -0.105. The van der Waals surface area contributed by atoms with Crippen LogP contribution in [-0.4, -0.2) is 62.6 Å². The van der Waals surface area contributed by atoms with E-state index in [-0.39, 0.29) is 11.4 Å². The standard InChI is InChI=1S/C17H26N2O3S/c1-17(2,19-7-9-22-10-8-19)12-18-16(20)14-6-5-13(23-4)11-15(14)21-3/h5-6,11H,7-10,12H2,1-4H3,(H,18,20). The van der Waals surface area contributed by atoms with Crippen molar-refractivity contribution in [3.63, 3.8) is 0 Å². The van der Waals surface area contributed by atoms with E-state index >= 15 is 0 Å². The topological polar surface area (TPSA) is 50.8 Å². The maximum atomic E-state index is 12.5. The van der Waals surface area contributed by atoms with Gasteiger partial charge in [-0.25, -0.2) is 0 Å². The zero-order chi connectivity index (χ0) is 16.9. The molecule has 1 N–H and O–H groups in total. The van der Waals surface area contributed by atoms with Crippen molar-refractivity contribution in [1.82, 2.24) is 10.2 Å². The number of hydrogen-bond donors (Lipinski definition) is 1. The van der Waals surface area contributed by atoms with Gasteiger partial charge in [0.1, 0.15) is 5.75 Å². The Kier molecular flexibility index (Phi) is 6.33.